The summed E-state index contributed by atoms with van der Waals surface area (Å²) in [5, 5.41) is 5.98. The predicted molar refractivity (Wildman–Crippen MR) is 131 cm³/mol. The van der Waals surface area contributed by atoms with Crippen LogP contribution < -0.4 is 10.1 Å². The van der Waals surface area contributed by atoms with Crippen molar-refractivity contribution in [3.05, 3.63) is 95.4 Å². The highest BCUT2D eigenvalue weighted by Crippen LogP contribution is 2.29. The van der Waals surface area contributed by atoms with E-state index in [1.165, 1.54) is 5.56 Å². The predicted octanol–water partition coefficient (Wildman–Crippen LogP) is 6.30. The van der Waals surface area contributed by atoms with Gasteiger partial charge in [0, 0.05) is 23.1 Å². The molecule has 4 aromatic rings. The van der Waals surface area contributed by atoms with E-state index in [-0.39, 0.29) is 12.5 Å². The Bertz CT molecular complexity index is 1170. The fraction of sp³-hybridized carbons (Fsp3) is 0.185. The standard InChI is InChI=1S/C27H26N2O2S/c1-19(2)23-9-6-10-24(15-23)31-17-26(30)28-16-20-11-13-22(14-12-20)27-29-25(18-32-27)21-7-4-3-5-8-21/h3-15,18-19H,16-17H2,1-2H3,(H,28,30). The number of carbonyl (C=O) groups is 1. The number of benzene rings is 3. The summed E-state index contributed by atoms with van der Waals surface area (Å²) < 4.78 is 5.64. The molecule has 3 aromatic carbocycles. The average molecular weight is 443 g/mol. The van der Waals surface area contributed by atoms with Crippen molar-refractivity contribution < 1.29 is 9.53 Å². The highest BCUT2D eigenvalue weighted by Gasteiger charge is 2.08. The summed E-state index contributed by atoms with van der Waals surface area (Å²) in [5.74, 6) is 0.995. The molecule has 5 heteroatoms. The molecule has 32 heavy (non-hydrogen) atoms. The Kier molecular flexibility index (Phi) is 6.97. The van der Waals surface area contributed by atoms with Crippen LogP contribution in [0.3, 0.4) is 0 Å². The third kappa shape index (κ3) is 5.62. The lowest BCUT2D eigenvalue weighted by Gasteiger charge is -2.10. The molecular formula is C27H26N2O2S. The number of nitrogens with one attached hydrogen (secondary N) is 1. The highest BCUT2D eigenvalue weighted by molar-refractivity contribution is 7.13. The molecule has 0 aliphatic heterocycles. The fourth-order valence-corrected chi connectivity index (χ4v) is 4.11. The van der Waals surface area contributed by atoms with E-state index in [1.54, 1.807) is 11.3 Å². The molecule has 1 aromatic heterocycles. The van der Waals surface area contributed by atoms with E-state index in [4.69, 9.17) is 9.72 Å². The minimum absolute atomic E-state index is 0.00100. The lowest BCUT2D eigenvalue weighted by molar-refractivity contribution is -0.123. The lowest BCUT2D eigenvalue weighted by Crippen LogP contribution is -2.28. The number of amides is 1. The molecule has 1 heterocycles. The Morgan fingerprint density at radius 2 is 1.75 bits per heavy atom. The zero-order valence-electron chi connectivity index (χ0n) is 18.2. The van der Waals surface area contributed by atoms with E-state index in [2.05, 4.69) is 42.7 Å². The first-order valence-corrected chi connectivity index (χ1v) is 11.6. The van der Waals surface area contributed by atoms with Crippen LogP contribution in [0.2, 0.25) is 0 Å². The van der Waals surface area contributed by atoms with Crippen molar-refractivity contribution in [2.75, 3.05) is 6.61 Å². The van der Waals surface area contributed by atoms with Gasteiger partial charge in [0.2, 0.25) is 0 Å². The molecular weight excluding hydrogens is 416 g/mol. The van der Waals surface area contributed by atoms with Gasteiger partial charge in [-0.25, -0.2) is 4.98 Å². The minimum atomic E-state index is -0.142. The van der Waals surface area contributed by atoms with Crippen LogP contribution in [-0.4, -0.2) is 17.5 Å². The van der Waals surface area contributed by atoms with Crippen molar-refractivity contribution in [2.24, 2.45) is 0 Å². The molecule has 0 spiro atoms. The summed E-state index contributed by atoms with van der Waals surface area (Å²) in [5.41, 5.74) is 5.40. The summed E-state index contributed by atoms with van der Waals surface area (Å²) in [6, 6.07) is 26.2. The van der Waals surface area contributed by atoms with E-state index in [0.717, 1.165) is 27.4 Å². The Hall–Kier alpha value is -3.44. The summed E-state index contributed by atoms with van der Waals surface area (Å²) in [7, 11) is 0. The van der Waals surface area contributed by atoms with Crippen LogP contribution in [-0.2, 0) is 11.3 Å². The zero-order valence-corrected chi connectivity index (χ0v) is 19.1. The van der Waals surface area contributed by atoms with Gasteiger partial charge in [-0.1, -0.05) is 80.6 Å². The Balaban J connectivity index is 1.29. The molecule has 1 N–H and O–H groups in total. The van der Waals surface area contributed by atoms with Gasteiger partial charge in [-0.05, 0) is 29.2 Å². The molecule has 1 amide bonds. The van der Waals surface area contributed by atoms with Gasteiger partial charge < -0.3 is 10.1 Å². The van der Waals surface area contributed by atoms with E-state index in [9.17, 15) is 4.79 Å². The van der Waals surface area contributed by atoms with E-state index < -0.39 is 0 Å². The first kappa shape index (κ1) is 21.8. The second kappa shape index (κ2) is 10.2. The first-order valence-electron chi connectivity index (χ1n) is 10.7. The van der Waals surface area contributed by atoms with Crippen molar-refractivity contribution in [3.63, 3.8) is 0 Å². The van der Waals surface area contributed by atoms with Crippen molar-refractivity contribution >= 4 is 17.2 Å². The number of rotatable bonds is 8. The van der Waals surface area contributed by atoms with Crippen molar-refractivity contribution in [3.8, 4) is 27.6 Å². The average Bonchev–Trinajstić information content (AvgIpc) is 3.33. The molecule has 0 saturated carbocycles. The van der Waals surface area contributed by atoms with Gasteiger partial charge in [0.25, 0.3) is 5.91 Å². The molecule has 0 bridgehead atoms. The third-order valence-corrected chi connectivity index (χ3v) is 6.05. The van der Waals surface area contributed by atoms with Gasteiger partial charge in [0.1, 0.15) is 10.8 Å². The fourth-order valence-electron chi connectivity index (χ4n) is 3.28. The number of nitrogens with zero attached hydrogens (tertiary/aromatic N) is 1. The van der Waals surface area contributed by atoms with Gasteiger partial charge in [0.15, 0.2) is 6.61 Å². The van der Waals surface area contributed by atoms with Crippen LogP contribution >= 0.6 is 11.3 Å². The molecule has 0 fully saturated rings. The molecule has 162 valence electrons. The van der Waals surface area contributed by atoms with E-state index >= 15 is 0 Å². The van der Waals surface area contributed by atoms with Crippen LogP contribution in [0.15, 0.2) is 84.2 Å². The smallest absolute Gasteiger partial charge is 0.258 e. The van der Waals surface area contributed by atoms with Crippen LogP contribution in [0, 0.1) is 0 Å². The number of aromatic nitrogens is 1. The molecule has 0 aliphatic rings. The summed E-state index contributed by atoms with van der Waals surface area (Å²) in [6.45, 7) is 4.73. The van der Waals surface area contributed by atoms with Crippen LogP contribution in [0.5, 0.6) is 5.75 Å². The first-order chi connectivity index (χ1) is 15.6. The second-order valence-electron chi connectivity index (χ2n) is 7.89. The number of carbonyl (C=O) groups excluding carboxylic acids is 1. The topological polar surface area (TPSA) is 51.2 Å². The largest absolute Gasteiger partial charge is 0.484 e. The van der Waals surface area contributed by atoms with Crippen LogP contribution in [0.1, 0.15) is 30.9 Å². The van der Waals surface area contributed by atoms with Gasteiger partial charge in [0.05, 0.1) is 5.69 Å². The van der Waals surface area contributed by atoms with Crippen molar-refractivity contribution in [1.29, 1.82) is 0 Å². The maximum absolute atomic E-state index is 12.2. The number of ether oxygens (including phenoxy) is 1. The van der Waals surface area contributed by atoms with Gasteiger partial charge in [-0.3, -0.25) is 4.79 Å². The summed E-state index contributed by atoms with van der Waals surface area (Å²) >= 11 is 1.63. The second-order valence-corrected chi connectivity index (χ2v) is 8.75. The molecule has 4 rings (SSSR count). The number of hydrogen-bond acceptors (Lipinski definition) is 4. The number of thiazole rings is 1. The Labute approximate surface area is 192 Å². The highest BCUT2D eigenvalue weighted by atomic mass is 32.1. The van der Waals surface area contributed by atoms with E-state index in [1.807, 2.05) is 60.7 Å². The van der Waals surface area contributed by atoms with Crippen molar-refractivity contribution in [2.45, 2.75) is 26.3 Å². The lowest BCUT2D eigenvalue weighted by atomic mass is 10.0. The molecule has 0 radical (unpaired) electrons. The maximum atomic E-state index is 12.2. The van der Waals surface area contributed by atoms with Crippen LogP contribution in [0.4, 0.5) is 0 Å². The summed E-state index contributed by atoms with van der Waals surface area (Å²) in [4.78, 5) is 16.9. The Morgan fingerprint density at radius 3 is 2.50 bits per heavy atom. The Morgan fingerprint density at radius 1 is 0.969 bits per heavy atom. The van der Waals surface area contributed by atoms with Gasteiger partial charge in [-0.15, -0.1) is 11.3 Å². The maximum Gasteiger partial charge on any atom is 0.258 e. The van der Waals surface area contributed by atoms with Crippen molar-refractivity contribution in [1.82, 2.24) is 10.3 Å². The normalized spacial score (nSPS) is 10.8. The molecule has 0 saturated heterocycles. The third-order valence-electron chi connectivity index (χ3n) is 5.16. The summed E-state index contributed by atoms with van der Waals surface area (Å²) in [6.07, 6.45) is 0. The molecule has 4 nitrogen and oxygen atoms in total. The van der Waals surface area contributed by atoms with Gasteiger partial charge >= 0.3 is 0 Å². The monoisotopic (exact) mass is 442 g/mol. The molecule has 0 aliphatic carbocycles. The van der Waals surface area contributed by atoms with Crippen LogP contribution in [0.25, 0.3) is 21.8 Å². The molecule has 0 unspecified atom stereocenters. The SMILES string of the molecule is CC(C)c1cccc(OCC(=O)NCc2ccc(-c3nc(-c4ccccc4)cs3)cc2)c1. The van der Waals surface area contributed by atoms with E-state index in [0.29, 0.717) is 18.2 Å². The minimum Gasteiger partial charge on any atom is -0.484 e. The zero-order chi connectivity index (χ0) is 22.3. The quantitative estimate of drug-likeness (QED) is 0.349. The number of hydrogen-bond donors (Lipinski definition) is 1. The molecule has 0 atom stereocenters. The van der Waals surface area contributed by atoms with Gasteiger partial charge in [-0.2, -0.15) is 0 Å².